The normalized spacial score (nSPS) is 24.1. The highest BCUT2D eigenvalue weighted by Crippen LogP contribution is 2.34. The molecule has 2 fully saturated rings. The predicted octanol–water partition coefficient (Wildman–Crippen LogP) is -0.235. The van der Waals surface area contributed by atoms with Gasteiger partial charge in [-0.15, -0.1) is 0 Å². The van der Waals surface area contributed by atoms with Gasteiger partial charge in [-0.2, -0.15) is 0 Å². The van der Waals surface area contributed by atoms with Crippen molar-refractivity contribution in [3.63, 3.8) is 0 Å². The number of benzene rings is 1. The number of nitrogens with two attached hydrogens (primary N) is 1. The Kier molecular flexibility index (Phi) is 4.67. The van der Waals surface area contributed by atoms with Gasteiger partial charge in [0.15, 0.2) is 0 Å². The molecule has 1 aliphatic heterocycles. The van der Waals surface area contributed by atoms with Gasteiger partial charge >= 0.3 is 6.03 Å². The van der Waals surface area contributed by atoms with E-state index >= 15 is 0 Å². The first-order valence-corrected chi connectivity index (χ1v) is 9.73. The van der Waals surface area contributed by atoms with E-state index in [1.807, 2.05) is 0 Å². The van der Waals surface area contributed by atoms with Crippen LogP contribution in [0.4, 0.5) is 4.79 Å². The minimum absolute atomic E-state index is 0.0357. The van der Waals surface area contributed by atoms with Crippen molar-refractivity contribution >= 4 is 22.0 Å². The summed E-state index contributed by atoms with van der Waals surface area (Å²) in [6.07, 6.45) is 2.03. The summed E-state index contributed by atoms with van der Waals surface area (Å²) in [5.41, 5.74) is 4.76. The number of amides is 3. The minimum Gasteiger partial charge on any atom is -0.496 e. The van der Waals surface area contributed by atoms with E-state index in [0.717, 1.165) is 12.8 Å². The molecule has 1 saturated carbocycles. The predicted molar refractivity (Wildman–Crippen MR) is 92.9 cm³/mol. The number of hydrogen-bond donors (Lipinski definition) is 4. The largest absolute Gasteiger partial charge is 0.496 e. The first-order chi connectivity index (χ1) is 12.2. The maximum atomic E-state index is 12.6. The molecule has 0 radical (unpaired) electrons. The van der Waals surface area contributed by atoms with E-state index in [4.69, 9.17) is 10.5 Å². The van der Waals surface area contributed by atoms with Gasteiger partial charge in [0, 0.05) is 18.2 Å². The lowest BCUT2D eigenvalue weighted by Crippen LogP contribution is -2.41. The molecule has 9 nitrogen and oxygen atoms in total. The Morgan fingerprint density at radius 1 is 1.38 bits per heavy atom. The second kappa shape index (κ2) is 6.53. The summed E-state index contributed by atoms with van der Waals surface area (Å²) in [7, 11) is -2.43. The molecule has 2 atom stereocenters. The van der Waals surface area contributed by atoms with Crippen molar-refractivity contribution in [1.29, 1.82) is 0 Å². The van der Waals surface area contributed by atoms with Crippen LogP contribution in [0.25, 0.3) is 0 Å². The first kappa shape index (κ1) is 18.6. The molecule has 1 aromatic rings. The van der Waals surface area contributed by atoms with Crippen LogP contribution in [-0.4, -0.2) is 40.1 Å². The Bertz CT molecular complexity index is 852. The highest BCUT2D eigenvalue weighted by Gasteiger charge is 2.45. The minimum atomic E-state index is -3.83. The number of methoxy groups -OCH3 is 1. The van der Waals surface area contributed by atoms with E-state index in [1.165, 1.54) is 32.2 Å². The number of ether oxygens (including phenoxy) is 1. The average molecular weight is 382 g/mol. The lowest BCUT2D eigenvalue weighted by Gasteiger charge is -2.24. The average Bonchev–Trinajstić information content (AvgIpc) is 3.40. The molecule has 5 N–H and O–H groups in total. The zero-order valence-electron chi connectivity index (χ0n) is 14.5. The van der Waals surface area contributed by atoms with E-state index in [0.29, 0.717) is 11.7 Å². The molecule has 26 heavy (non-hydrogen) atoms. The van der Waals surface area contributed by atoms with E-state index in [2.05, 4.69) is 15.4 Å². The first-order valence-electron chi connectivity index (χ1n) is 8.25. The fourth-order valence-electron chi connectivity index (χ4n) is 2.96. The molecule has 3 amide bonds. The number of imide groups is 1. The highest BCUT2D eigenvalue weighted by molar-refractivity contribution is 7.89. The number of rotatable bonds is 7. The van der Waals surface area contributed by atoms with Crippen molar-refractivity contribution in [2.75, 3.05) is 13.7 Å². The van der Waals surface area contributed by atoms with Crippen LogP contribution in [0.2, 0.25) is 0 Å². The van der Waals surface area contributed by atoms with Crippen molar-refractivity contribution in [1.82, 2.24) is 15.4 Å². The molecule has 3 rings (SSSR count). The number of hydrogen-bond acceptors (Lipinski definition) is 6. The molecule has 0 spiro atoms. The summed E-state index contributed by atoms with van der Waals surface area (Å²) in [5.74, 6) is 0.0676. The summed E-state index contributed by atoms with van der Waals surface area (Å²) in [4.78, 5) is 23.7. The van der Waals surface area contributed by atoms with Crippen molar-refractivity contribution in [2.24, 2.45) is 11.7 Å². The zero-order valence-corrected chi connectivity index (χ0v) is 15.4. The fraction of sp³-hybridized carbons (Fsp3) is 0.500. The maximum Gasteiger partial charge on any atom is 0.322 e. The Morgan fingerprint density at radius 3 is 2.62 bits per heavy atom. The van der Waals surface area contributed by atoms with Crippen LogP contribution in [-0.2, 0) is 20.4 Å². The summed E-state index contributed by atoms with van der Waals surface area (Å²) in [6, 6.07) is 3.29. The van der Waals surface area contributed by atoms with Gasteiger partial charge in [-0.3, -0.25) is 10.1 Å². The second-order valence-electron chi connectivity index (χ2n) is 6.75. The van der Waals surface area contributed by atoms with Gasteiger partial charge in [0.2, 0.25) is 10.0 Å². The van der Waals surface area contributed by atoms with Crippen molar-refractivity contribution in [2.45, 2.75) is 36.2 Å². The standard InChI is InChI=1S/C16H22N4O5S/c1-16(14(21)19-15(22)20-16)11-7-10(5-6-13(11)25-2)26(23,24)18-8-12(17)9-3-4-9/h5-7,9,12,18H,3-4,8,17H2,1-2H3,(H2,19,20,21,22). The molecular formula is C16H22N4O5S. The summed E-state index contributed by atoms with van der Waals surface area (Å²) in [5, 5.41) is 4.66. The third-order valence-corrected chi connectivity index (χ3v) is 6.22. The monoisotopic (exact) mass is 382 g/mol. The van der Waals surface area contributed by atoms with Crippen LogP contribution in [0.1, 0.15) is 25.3 Å². The zero-order chi connectivity index (χ0) is 19.1. The molecule has 2 unspecified atom stereocenters. The molecule has 1 aliphatic carbocycles. The Balaban J connectivity index is 1.91. The van der Waals surface area contributed by atoms with Gasteiger partial charge in [0.1, 0.15) is 11.3 Å². The van der Waals surface area contributed by atoms with Gasteiger partial charge in [-0.1, -0.05) is 0 Å². The van der Waals surface area contributed by atoms with E-state index in [9.17, 15) is 18.0 Å². The Labute approximate surface area is 151 Å². The van der Waals surface area contributed by atoms with Gasteiger partial charge in [0.25, 0.3) is 5.91 Å². The third kappa shape index (κ3) is 3.39. The fourth-order valence-corrected chi connectivity index (χ4v) is 4.06. The number of urea groups is 1. The molecule has 10 heteroatoms. The number of nitrogens with one attached hydrogen (secondary N) is 3. The van der Waals surface area contributed by atoms with Gasteiger partial charge < -0.3 is 15.8 Å². The van der Waals surface area contributed by atoms with E-state index < -0.39 is 27.5 Å². The molecule has 1 aromatic carbocycles. The molecule has 0 aromatic heterocycles. The van der Waals surface area contributed by atoms with Gasteiger partial charge in [-0.25, -0.2) is 17.9 Å². The number of carbonyl (C=O) groups is 2. The SMILES string of the molecule is COc1ccc(S(=O)(=O)NCC(N)C2CC2)cc1C1(C)NC(=O)NC1=O. The van der Waals surface area contributed by atoms with Gasteiger partial charge in [-0.05, 0) is 43.9 Å². The third-order valence-electron chi connectivity index (χ3n) is 4.80. The lowest BCUT2D eigenvalue weighted by atomic mass is 9.91. The van der Waals surface area contributed by atoms with Crippen LogP contribution in [0.5, 0.6) is 5.75 Å². The molecular weight excluding hydrogens is 360 g/mol. The van der Waals surface area contributed by atoms with E-state index in [-0.39, 0.29) is 23.0 Å². The second-order valence-corrected chi connectivity index (χ2v) is 8.52. The number of sulfonamides is 1. The topological polar surface area (TPSA) is 140 Å². The lowest BCUT2D eigenvalue weighted by molar-refractivity contribution is -0.123. The molecule has 1 heterocycles. The van der Waals surface area contributed by atoms with Crippen LogP contribution < -0.4 is 25.8 Å². The van der Waals surface area contributed by atoms with Gasteiger partial charge in [0.05, 0.1) is 12.0 Å². The molecule has 0 bridgehead atoms. The van der Waals surface area contributed by atoms with Crippen LogP contribution in [0.3, 0.4) is 0 Å². The van der Waals surface area contributed by atoms with E-state index in [1.54, 1.807) is 0 Å². The Morgan fingerprint density at radius 2 is 2.08 bits per heavy atom. The quantitative estimate of drug-likeness (QED) is 0.480. The molecule has 1 saturated heterocycles. The summed E-state index contributed by atoms with van der Waals surface area (Å²) >= 11 is 0. The highest BCUT2D eigenvalue weighted by atomic mass is 32.2. The van der Waals surface area contributed by atoms with Crippen molar-refractivity contribution in [3.8, 4) is 5.75 Å². The maximum absolute atomic E-state index is 12.6. The van der Waals surface area contributed by atoms with Crippen LogP contribution in [0, 0.1) is 5.92 Å². The van der Waals surface area contributed by atoms with Crippen molar-refractivity contribution < 1.29 is 22.7 Å². The smallest absolute Gasteiger partial charge is 0.322 e. The summed E-state index contributed by atoms with van der Waals surface area (Å²) < 4.78 is 33.0. The molecule has 2 aliphatic rings. The van der Waals surface area contributed by atoms with Crippen molar-refractivity contribution in [3.05, 3.63) is 23.8 Å². The molecule has 142 valence electrons. The van der Waals surface area contributed by atoms with Crippen LogP contribution >= 0.6 is 0 Å². The van der Waals surface area contributed by atoms with Crippen LogP contribution in [0.15, 0.2) is 23.1 Å². The Hall–Kier alpha value is -2.17. The number of carbonyl (C=O) groups excluding carboxylic acids is 2. The summed E-state index contributed by atoms with van der Waals surface area (Å²) in [6.45, 7) is 1.63.